The molecule has 2 aliphatic heterocycles. The smallest absolute Gasteiger partial charge is 0.416 e. The lowest BCUT2D eigenvalue weighted by atomic mass is 9.91. The number of fused-ring (bicyclic) bond motifs is 1. The van der Waals surface area contributed by atoms with Gasteiger partial charge in [-0.3, -0.25) is 9.89 Å². The van der Waals surface area contributed by atoms with E-state index in [0.29, 0.717) is 18.0 Å². The molecule has 0 spiro atoms. The molecule has 1 saturated heterocycles. The van der Waals surface area contributed by atoms with Gasteiger partial charge in [0.05, 0.1) is 26.4 Å². The van der Waals surface area contributed by atoms with E-state index in [0.717, 1.165) is 11.3 Å². The van der Waals surface area contributed by atoms with Crippen LogP contribution in [-0.4, -0.2) is 90.1 Å². The minimum Gasteiger partial charge on any atom is -0.497 e. The molecule has 1 N–H and O–H groups in total. The van der Waals surface area contributed by atoms with Crippen molar-refractivity contribution in [1.82, 2.24) is 4.90 Å². The number of amidine groups is 1. The zero-order valence-electron chi connectivity index (χ0n) is 22.9. The zero-order chi connectivity index (χ0) is 27.9. The van der Waals surface area contributed by atoms with E-state index in [4.69, 9.17) is 28.7 Å². The van der Waals surface area contributed by atoms with Crippen molar-refractivity contribution < 1.29 is 33.6 Å². The summed E-state index contributed by atoms with van der Waals surface area (Å²) in [6.45, 7) is 13.5. The molecule has 2 heterocycles. The number of hydrogen-bond acceptors (Lipinski definition) is 9. The van der Waals surface area contributed by atoms with Crippen LogP contribution in [0.2, 0.25) is 0 Å². The number of aliphatic imine (C=N–C) groups is 1. The fourth-order valence-corrected chi connectivity index (χ4v) is 5.40. The van der Waals surface area contributed by atoms with Gasteiger partial charge in [0, 0.05) is 7.05 Å². The standard InChI is InChI=1S/C28H40N2O7S/c1-8-16-34-23-21-25(38-26(29-21)30(6)27(32)37-28(3,4)5)36-22(24(23)35-17-9-2)20(31)15-12-18-10-13-19(33-7)14-11-18/h8-11,13-14,20-25,31H,1-2,12,15-17H2,3-7H3/t20-,21+,22+,23+,24+,25+/m0/s1. The lowest BCUT2D eigenvalue weighted by Crippen LogP contribution is -2.60. The van der Waals surface area contributed by atoms with Gasteiger partial charge in [0.15, 0.2) is 5.17 Å². The first kappa shape index (κ1) is 30.2. The Hall–Kier alpha value is -2.37. The topological polar surface area (TPSA) is 99.1 Å². The number of amides is 1. The number of ether oxygens (including phenoxy) is 5. The molecule has 38 heavy (non-hydrogen) atoms. The normalized spacial score (nSPS) is 25.6. The summed E-state index contributed by atoms with van der Waals surface area (Å²) in [5.41, 5.74) is -0.0492. The van der Waals surface area contributed by atoms with Crippen LogP contribution in [0.15, 0.2) is 54.6 Å². The number of aryl methyl sites for hydroxylation is 1. The number of carbonyl (C=O) groups excluding carboxylic acids is 1. The van der Waals surface area contributed by atoms with Crippen LogP contribution in [0, 0.1) is 0 Å². The molecule has 0 radical (unpaired) electrons. The first-order valence-corrected chi connectivity index (χ1v) is 13.6. The molecule has 6 atom stereocenters. The van der Waals surface area contributed by atoms with E-state index in [1.54, 1.807) is 26.3 Å². The fourth-order valence-electron chi connectivity index (χ4n) is 4.24. The molecule has 1 amide bonds. The Kier molecular flexibility index (Phi) is 10.8. The quantitative estimate of drug-likeness (QED) is 0.411. The van der Waals surface area contributed by atoms with E-state index in [9.17, 15) is 9.90 Å². The number of benzene rings is 1. The third-order valence-electron chi connectivity index (χ3n) is 6.07. The maximum Gasteiger partial charge on any atom is 0.416 e. The first-order chi connectivity index (χ1) is 18.1. The molecule has 9 nitrogen and oxygen atoms in total. The number of aliphatic hydroxyl groups is 1. The molecule has 1 aromatic rings. The van der Waals surface area contributed by atoms with Gasteiger partial charge in [0.1, 0.15) is 41.1 Å². The molecule has 0 unspecified atom stereocenters. The molecule has 1 aromatic carbocycles. The van der Waals surface area contributed by atoms with Gasteiger partial charge < -0.3 is 28.8 Å². The molecule has 0 saturated carbocycles. The minimum atomic E-state index is -0.837. The van der Waals surface area contributed by atoms with Crippen molar-refractivity contribution in [3.63, 3.8) is 0 Å². The van der Waals surface area contributed by atoms with E-state index < -0.39 is 47.6 Å². The molecular formula is C28H40N2O7S. The minimum absolute atomic E-state index is 0.253. The molecule has 2 aliphatic rings. The highest BCUT2D eigenvalue weighted by Gasteiger charge is 2.53. The van der Waals surface area contributed by atoms with Crippen LogP contribution in [0.4, 0.5) is 4.79 Å². The van der Waals surface area contributed by atoms with E-state index in [-0.39, 0.29) is 13.2 Å². The summed E-state index contributed by atoms with van der Waals surface area (Å²) in [4.78, 5) is 18.8. The van der Waals surface area contributed by atoms with Crippen molar-refractivity contribution >= 4 is 23.0 Å². The van der Waals surface area contributed by atoms with Crippen LogP contribution in [0.3, 0.4) is 0 Å². The average molecular weight is 549 g/mol. The van der Waals surface area contributed by atoms with Gasteiger partial charge in [-0.05, 0) is 51.3 Å². The van der Waals surface area contributed by atoms with E-state index in [2.05, 4.69) is 13.2 Å². The second-order valence-corrected chi connectivity index (χ2v) is 11.2. The predicted octanol–water partition coefficient (Wildman–Crippen LogP) is 4.19. The van der Waals surface area contributed by atoms with Gasteiger partial charge in [-0.15, -0.1) is 13.2 Å². The van der Waals surface area contributed by atoms with E-state index in [1.807, 2.05) is 45.0 Å². The summed E-state index contributed by atoms with van der Waals surface area (Å²) in [7, 11) is 3.24. The molecule has 1 fully saturated rings. The Morgan fingerprint density at radius 1 is 1.18 bits per heavy atom. The number of thioether (sulfide) groups is 1. The van der Waals surface area contributed by atoms with Crippen LogP contribution in [0.5, 0.6) is 5.75 Å². The first-order valence-electron chi connectivity index (χ1n) is 12.7. The molecule has 210 valence electrons. The summed E-state index contributed by atoms with van der Waals surface area (Å²) in [5, 5.41) is 11.8. The maximum atomic E-state index is 12.7. The summed E-state index contributed by atoms with van der Waals surface area (Å²) < 4.78 is 29.4. The maximum absolute atomic E-state index is 12.7. The van der Waals surface area contributed by atoms with Crippen molar-refractivity contribution in [2.45, 2.75) is 75.1 Å². The van der Waals surface area contributed by atoms with Crippen LogP contribution in [0.25, 0.3) is 0 Å². The van der Waals surface area contributed by atoms with Crippen molar-refractivity contribution in [2.24, 2.45) is 4.99 Å². The van der Waals surface area contributed by atoms with Gasteiger partial charge in [0.25, 0.3) is 0 Å². The van der Waals surface area contributed by atoms with Gasteiger partial charge >= 0.3 is 6.09 Å². The zero-order valence-corrected chi connectivity index (χ0v) is 23.7. The Morgan fingerprint density at radius 3 is 2.39 bits per heavy atom. The molecule has 3 rings (SSSR count). The third kappa shape index (κ3) is 7.83. The second-order valence-electron chi connectivity index (χ2n) is 10.2. The summed E-state index contributed by atoms with van der Waals surface area (Å²) in [6.07, 6.45) is 1.21. The Bertz CT molecular complexity index is 978. The van der Waals surface area contributed by atoms with Crippen molar-refractivity contribution in [1.29, 1.82) is 0 Å². The van der Waals surface area contributed by atoms with Crippen LogP contribution in [0.1, 0.15) is 32.8 Å². The van der Waals surface area contributed by atoms with E-state index >= 15 is 0 Å². The van der Waals surface area contributed by atoms with Gasteiger partial charge in [-0.2, -0.15) is 0 Å². The SMILES string of the molecule is C=CCO[C@H]1[C@H](OCC=C)[C@H]2N=C(N(C)C(=O)OC(C)(C)C)S[C@H]2O[C@@H]1[C@@H](O)CCc1ccc(OC)cc1. The third-order valence-corrected chi connectivity index (χ3v) is 7.28. The lowest BCUT2D eigenvalue weighted by Gasteiger charge is -2.44. The molecule has 10 heteroatoms. The van der Waals surface area contributed by atoms with Crippen LogP contribution in [-0.2, 0) is 25.4 Å². The lowest BCUT2D eigenvalue weighted by molar-refractivity contribution is -0.209. The number of methoxy groups -OCH3 is 1. The number of hydrogen-bond donors (Lipinski definition) is 1. The van der Waals surface area contributed by atoms with Crippen molar-refractivity contribution in [2.75, 3.05) is 27.4 Å². The van der Waals surface area contributed by atoms with Crippen molar-refractivity contribution in [3.8, 4) is 5.75 Å². The number of nitrogens with zero attached hydrogens (tertiary/aromatic N) is 2. The van der Waals surface area contributed by atoms with E-state index in [1.165, 1.54) is 16.7 Å². The average Bonchev–Trinajstić information content (AvgIpc) is 3.31. The van der Waals surface area contributed by atoms with Gasteiger partial charge in [0.2, 0.25) is 0 Å². The van der Waals surface area contributed by atoms with Crippen LogP contribution >= 0.6 is 11.8 Å². The number of rotatable bonds is 11. The van der Waals surface area contributed by atoms with Crippen molar-refractivity contribution in [3.05, 3.63) is 55.1 Å². The fraction of sp³-hybridized carbons (Fsp3) is 0.571. The largest absolute Gasteiger partial charge is 0.497 e. The number of carbonyl (C=O) groups is 1. The summed E-state index contributed by atoms with van der Waals surface area (Å²) in [6, 6.07) is 7.29. The predicted molar refractivity (Wildman–Crippen MR) is 149 cm³/mol. The van der Waals surface area contributed by atoms with Gasteiger partial charge in [-0.25, -0.2) is 4.79 Å². The Balaban J connectivity index is 1.80. The molecular weight excluding hydrogens is 508 g/mol. The highest BCUT2D eigenvalue weighted by Crippen LogP contribution is 2.41. The highest BCUT2D eigenvalue weighted by atomic mass is 32.2. The Morgan fingerprint density at radius 2 is 1.82 bits per heavy atom. The molecule has 0 aliphatic carbocycles. The summed E-state index contributed by atoms with van der Waals surface area (Å²) in [5.74, 6) is 0.779. The Labute approximate surface area is 229 Å². The number of aliphatic hydroxyl groups excluding tert-OH is 1. The summed E-state index contributed by atoms with van der Waals surface area (Å²) >= 11 is 1.31. The van der Waals surface area contributed by atoms with Crippen LogP contribution < -0.4 is 4.74 Å². The monoisotopic (exact) mass is 548 g/mol. The molecule has 0 bridgehead atoms. The van der Waals surface area contributed by atoms with Gasteiger partial charge in [-0.1, -0.05) is 36.0 Å². The molecule has 0 aromatic heterocycles. The second kappa shape index (κ2) is 13.6. The highest BCUT2D eigenvalue weighted by molar-refractivity contribution is 8.14.